The molecule has 1 aromatic carbocycles. The Balaban J connectivity index is 2.87. The van der Waals surface area contributed by atoms with Crippen LogP contribution in [0, 0.1) is 0 Å². The SMILES string of the molecule is COC(C)C(C)Nc1cccc(S(C)(=O)=O)c1. The topological polar surface area (TPSA) is 55.4 Å². The molecular weight excluding hydrogens is 238 g/mol. The molecule has 5 heteroatoms. The van der Waals surface area contributed by atoms with E-state index in [-0.39, 0.29) is 12.1 Å². The van der Waals surface area contributed by atoms with Gasteiger partial charge in [-0.1, -0.05) is 6.07 Å². The van der Waals surface area contributed by atoms with E-state index in [1.807, 2.05) is 19.9 Å². The Hall–Kier alpha value is -1.07. The standard InChI is InChI=1S/C12H19NO3S/c1-9(10(2)16-3)13-11-6-5-7-12(8-11)17(4,14)15/h5-10,13H,1-4H3. The molecule has 0 heterocycles. The third-order valence-electron chi connectivity index (χ3n) is 2.73. The summed E-state index contributed by atoms with van der Waals surface area (Å²) in [6, 6.07) is 6.89. The molecule has 0 aromatic heterocycles. The third kappa shape index (κ3) is 4.02. The fourth-order valence-electron chi connectivity index (χ4n) is 1.40. The van der Waals surface area contributed by atoms with Gasteiger partial charge in [-0.15, -0.1) is 0 Å². The number of nitrogens with one attached hydrogen (secondary N) is 1. The highest BCUT2D eigenvalue weighted by Gasteiger charge is 2.12. The van der Waals surface area contributed by atoms with E-state index in [1.165, 1.54) is 6.26 Å². The molecule has 1 rings (SSSR count). The number of methoxy groups -OCH3 is 1. The van der Waals surface area contributed by atoms with Crippen molar-refractivity contribution in [2.24, 2.45) is 0 Å². The first-order valence-corrected chi connectivity index (χ1v) is 7.33. The van der Waals surface area contributed by atoms with Crippen LogP contribution in [0.15, 0.2) is 29.2 Å². The van der Waals surface area contributed by atoms with Gasteiger partial charge in [0.25, 0.3) is 0 Å². The van der Waals surface area contributed by atoms with Crippen LogP contribution in [0.1, 0.15) is 13.8 Å². The highest BCUT2D eigenvalue weighted by atomic mass is 32.2. The fraction of sp³-hybridized carbons (Fsp3) is 0.500. The Morgan fingerprint density at radius 3 is 2.47 bits per heavy atom. The normalized spacial score (nSPS) is 15.3. The molecular formula is C12H19NO3S. The zero-order valence-corrected chi connectivity index (χ0v) is 11.4. The summed E-state index contributed by atoms with van der Waals surface area (Å²) in [4.78, 5) is 0.319. The molecule has 0 radical (unpaired) electrons. The van der Waals surface area contributed by atoms with E-state index >= 15 is 0 Å². The maximum atomic E-state index is 11.4. The van der Waals surface area contributed by atoms with Crippen LogP contribution < -0.4 is 5.32 Å². The quantitative estimate of drug-likeness (QED) is 0.875. The molecule has 2 unspecified atom stereocenters. The highest BCUT2D eigenvalue weighted by Crippen LogP contribution is 2.17. The van der Waals surface area contributed by atoms with Crippen LogP contribution in [0.2, 0.25) is 0 Å². The molecule has 0 saturated heterocycles. The van der Waals surface area contributed by atoms with Gasteiger partial charge in [0.05, 0.1) is 11.0 Å². The Bertz CT molecular complexity index is 470. The average Bonchev–Trinajstić information content (AvgIpc) is 2.27. The minimum Gasteiger partial charge on any atom is -0.380 e. The van der Waals surface area contributed by atoms with E-state index in [4.69, 9.17) is 4.74 Å². The lowest BCUT2D eigenvalue weighted by atomic mass is 10.2. The number of hydrogen-bond acceptors (Lipinski definition) is 4. The summed E-state index contributed by atoms with van der Waals surface area (Å²) in [5.41, 5.74) is 0.782. The molecule has 0 fully saturated rings. The first-order chi connectivity index (χ1) is 7.84. The van der Waals surface area contributed by atoms with Gasteiger partial charge in [0, 0.05) is 25.1 Å². The summed E-state index contributed by atoms with van der Waals surface area (Å²) in [6.07, 6.45) is 1.25. The van der Waals surface area contributed by atoms with Gasteiger partial charge in [0.2, 0.25) is 0 Å². The molecule has 0 aliphatic carbocycles. The molecule has 96 valence electrons. The minimum atomic E-state index is -3.16. The summed E-state index contributed by atoms with van der Waals surface area (Å²) >= 11 is 0. The van der Waals surface area contributed by atoms with Crippen LogP contribution in [-0.2, 0) is 14.6 Å². The second-order valence-corrected chi connectivity index (χ2v) is 6.19. The van der Waals surface area contributed by atoms with Crippen LogP contribution in [-0.4, -0.2) is 33.9 Å². The van der Waals surface area contributed by atoms with Crippen molar-refractivity contribution < 1.29 is 13.2 Å². The second kappa shape index (κ2) is 5.51. The number of benzene rings is 1. The lowest BCUT2D eigenvalue weighted by molar-refractivity contribution is 0.106. The highest BCUT2D eigenvalue weighted by molar-refractivity contribution is 7.90. The van der Waals surface area contributed by atoms with Gasteiger partial charge < -0.3 is 10.1 Å². The molecule has 0 spiro atoms. The molecule has 0 amide bonds. The average molecular weight is 257 g/mol. The van der Waals surface area contributed by atoms with Crippen LogP contribution in [0.25, 0.3) is 0 Å². The lowest BCUT2D eigenvalue weighted by Crippen LogP contribution is -2.29. The molecule has 4 nitrogen and oxygen atoms in total. The Labute approximate surface area is 103 Å². The molecule has 0 aliphatic heterocycles. The Morgan fingerprint density at radius 2 is 1.94 bits per heavy atom. The largest absolute Gasteiger partial charge is 0.380 e. The molecule has 17 heavy (non-hydrogen) atoms. The van der Waals surface area contributed by atoms with Crippen molar-refractivity contribution in [3.8, 4) is 0 Å². The molecule has 0 saturated carbocycles. The van der Waals surface area contributed by atoms with Crippen molar-refractivity contribution in [3.05, 3.63) is 24.3 Å². The summed E-state index contributed by atoms with van der Waals surface area (Å²) in [5.74, 6) is 0. The summed E-state index contributed by atoms with van der Waals surface area (Å²) in [5, 5.41) is 3.22. The maximum absolute atomic E-state index is 11.4. The Morgan fingerprint density at radius 1 is 1.29 bits per heavy atom. The van der Waals surface area contributed by atoms with Gasteiger partial charge in [-0.3, -0.25) is 0 Å². The van der Waals surface area contributed by atoms with Gasteiger partial charge in [-0.2, -0.15) is 0 Å². The second-order valence-electron chi connectivity index (χ2n) is 4.17. The number of anilines is 1. The fourth-order valence-corrected chi connectivity index (χ4v) is 2.07. The number of rotatable bonds is 5. The number of sulfone groups is 1. The monoisotopic (exact) mass is 257 g/mol. The van der Waals surface area contributed by atoms with E-state index in [2.05, 4.69) is 5.32 Å². The maximum Gasteiger partial charge on any atom is 0.175 e. The van der Waals surface area contributed by atoms with Crippen molar-refractivity contribution in [3.63, 3.8) is 0 Å². The molecule has 2 atom stereocenters. The van der Waals surface area contributed by atoms with Crippen LogP contribution in [0.5, 0.6) is 0 Å². The molecule has 0 bridgehead atoms. The van der Waals surface area contributed by atoms with E-state index in [0.29, 0.717) is 4.90 Å². The molecule has 1 aromatic rings. The smallest absolute Gasteiger partial charge is 0.175 e. The van der Waals surface area contributed by atoms with Gasteiger partial charge >= 0.3 is 0 Å². The molecule has 1 N–H and O–H groups in total. The van der Waals surface area contributed by atoms with Crippen LogP contribution in [0.3, 0.4) is 0 Å². The van der Waals surface area contributed by atoms with Crippen molar-refractivity contribution in [1.29, 1.82) is 0 Å². The van der Waals surface area contributed by atoms with E-state index in [1.54, 1.807) is 25.3 Å². The van der Waals surface area contributed by atoms with E-state index in [0.717, 1.165) is 5.69 Å². The zero-order chi connectivity index (χ0) is 13.1. The lowest BCUT2D eigenvalue weighted by Gasteiger charge is -2.21. The number of ether oxygens (including phenoxy) is 1. The van der Waals surface area contributed by atoms with Crippen molar-refractivity contribution in [2.45, 2.75) is 30.9 Å². The summed E-state index contributed by atoms with van der Waals surface area (Å²) in [6.45, 7) is 3.94. The Kier molecular flexibility index (Phi) is 4.54. The van der Waals surface area contributed by atoms with E-state index in [9.17, 15) is 8.42 Å². The van der Waals surface area contributed by atoms with Gasteiger partial charge in [-0.05, 0) is 32.0 Å². The van der Waals surface area contributed by atoms with Crippen molar-refractivity contribution in [2.75, 3.05) is 18.7 Å². The van der Waals surface area contributed by atoms with Gasteiger partial charge in [0.1, 0.15) is 0 Å². The third-order valence-corrected chi connectivity index (χ3v) is 3.84. The predicted molar refractivity (Wildman–Crippen MR) is 69.1 cm³/mol. The molecule has 0 aliphatic rings. The first-order valence-electron chi connectivity index (χ1n) is 5.44. The summed E-state index contributed by atoms with van der Waals surface area (Å²) < 4.78 is 28.0. The predicted octanol–water partition coefficient (Wildman–Crippen LogP) is 1.93. The minimum absolute atomic E-state index is 0.0527. The zero-order valence-electron chi connectivity index (χ0n) is 10.6. The van der Waals surface area contributed by atoms with Crippen LogP contribution in [0.4, 0.5) is 5.69 Å². The van der Waals surface area contributed by atoms with Gasteiger partial charge in [-0.25, -0.2) is 8.42 Å². The van der Waals surface area contributed by atoms with Crippen molar-refractivity contribution >= 4 is 15.5 Å². The van der Waals surface area contributed by atoms with Crippen molar-refractivity contribution in [1.82, 2.24) is 0 Å². The number of hydrogen-bond donors (Lipinski definition) is 1. The van der Waals surface area contributed by atoms with E-state index < -0.39 is 9.84 Å². The van der Waals surface area contributed by atoms with Crippen LogP contribution >= 0.6 is 0 Å². The first kappa shape index (κ1) is 14.0. The van der Waals surface area contributed by atoms with Gasteiger partial charge in [0.15, 0.2) is 9.84 Å². The summed E-state index contributed by atoms with van der Waals surface area (Å²) in [7, 11) is -1.51.